The van der Waals surface area contributed by atoms with E-state index in [1.807, 2.05) is 36.9 Å². The second kappa shape index (κ2) is 5.44. The van der Waals surface area contributed by atoms with Crippen LogP contribution in [0.25, 0.3) is 0 Å². The first-order valence-electron chi connectivity index (χ1n) is 5.99. The van der Waals surface area contributed by atoms with E-state index in [1.165, 1.54) is 0 Å². The minimum absolute atomic E-state index is 0.700. The molecule has 0 fully saturated rings. The highest BCUT2D eigenvalue weighted by molar-refractivity contribution is 5.56. The van der Waals surface area contributed by atoms with E-state index < -0.39 is 0 Å². The maximum atomic E-state index is 4.50. The lowest BCUT2D eigenvalue weighted by Gasteiger charge is -2.17. The summed E-state index contributed by atoms with van der Waals surface area (Å²) in [5.41, 5.74) is 1.09. The van der Waals surface area contributed by atoms with Crippen LogP contribution in [0.5, 0.6) is 0 Å². The van der Waals surface area contributed by atoms with Crippen LogP contribution in [0.1, 0.15) is 6.92 Å². The van der Waals surface area contributed by atoms with Crippen molar-refractivity contribution in [1.29, 1.82) is 0 Å². The first-order valence-corrected chi connectivity index (χ1v) is 5.99. The molecule has 0 spiro atoms. The van der Waals surface area contributed by atoms with Crippen molar-refractivity contribution in [3.8, 4) is 0 Å². The summed E-state index contributed by atoms with van der Waals surface area (Å²) in [6.07, 6.45) is 1.76. The number of anilines is 3. The Morgan fingerprint density at radius 2 is 2.00 bits per heavy atom. The van der Waals surface area contributed by atoms with Gasteiger partial charge in [-0.1, -0.05) is 28.2 Å². The Morgan fingerprint density at radius 3 is 2.61 bits per heavy atom. The molecule has 0 amide bonds. The van der Waals surface area contributed by atoms with E-state index in [4.69, 9.17) is 0 Å². The summed E-state index contributed by atoms with van der Waals surface area (Å²) >= 11 is 0. The maximum absolute atomic E-state index is 4.50. The Bertz CT molecular complexity index is 512. The van der Waals surface area contributed by atoms with Crippen LogP contribution in [0.4, 0.5) is 17.6 Å². The van der Waals surface area contributed by atoms with Gasteiger partial charge in [0.25, 0.3) is 0 Å². The molecular weight excluding hydrogens is 226 g/mol. The van der Waals surface area contributed by atoms with Gasteiger partial charge in [0, 0.05) is 19.3 Å². The molecule has 0 aliphatic carbocycles. The van der Waals surface area contributed by atoms with Gasteiger partial charge in [-0.2, -0.15) is 0 Å². The van der Waals surface area contributed by atoms with Crippen LogP contribution in [0.2, 0.25) is 0 Å². The van der Waals surface area contributed by atoms with Gasteiger partial charge < -0.3 is 0 Å². The second-order valence-electron chi connectivity index (χ2n) is 3.92. The van der Waals surface area contributed by atoms with Gasteiger partial charge in [-0.05, 0) is 19.1 Å². The fourth-order valence-electron chi connectivity index (χ4n) is 1.81. The number of hydrogen-bond acceptors (Lipinski definition) is 4. The molecule has 94 valence electrons. The fraction of sp³-hybridized carbons (Fsp3) is 0.308. The van der Waals surface area contributed by atoms with Gasteiger partial charge >= 0.3 is 11.9 Å². The SMILES string of the molecule is CCN(c1ccccc1)c1nc[n+](C)c(NC)n1. The quantitative estimate of drug-likeness (QED) is 0.828. The van der Waals surface area contributed by atoms with E-state index in [-0.39, 0.29) is 0 Å². The van der Waals surface area contributed by atoms with Crippen molar-refractivity contribution in [2.45, 2.75) is 6.92 Å². The first kappa shape index (κ1) is 12.3. The molecule has 0 unspecified atom stereocenters. The van der Waals surface area contributed by atoms with E-state index >= 15 is 0 Å². The smallest absolute Gasteiger partial charge is 0.297 e. The molecule has 0 saturated heterocycles. The van der Waals surface area contributed by atoms with Gasteiger partial charge in [0.1, 0.15) is 0 Å². The van der Waals surface area contributed by atoms with E-state index in [9.17, 15) is 0 Å². The lowest BCUT2D eigenvalue weighted by molar-refractivity contribution is -0.662. The van der Waals surface area contributed by atoms with Gasteiger partial charge in [-0.25, -0.2) is 4.57 Å². The Balaban J connectivity index is 2.39. The molecule has 2 rings (SSSR count). The summed E-state index contributed by atoms with van der Waals surface area (Å²) in [6, 6.07) is 10.1. The number of hydrogen-bond donors (Lipinski definition) is 1. The van der Waals surface area contributed by atoms with E-state index in [1.54, 1.807) is 6.33 Å². The predicted molar refractivity (Wildman–Crippen MR) is 71.9 cm³/mol. The van der Waals surface area contributed by atoms with Crippen molar-refractivity contribution in [2.75, 3.05) is 23.8 Å². The zero-order valence-electron chi connectivity index (χ0n) is 11.0. The monoisotopic (exact) mass is 244 g/mol. The molecule has 2 aromatic rings. The third-order valence-electron chi connectivity index (χ3n) is 2.74. The topological polar surface area (TPSA) is 44.9 Å². The minimum atomic E-state index is 0.700. The summed E-state index contributed by atoms with van der Waals surface area (Å²) in [5, 5.41) is 3.05. The van der Waals surface area contributed by atoms with E-state index in [0.717, 1.165) is 18.2 Å². The van der Waals surface area contributed by atoms with Crippen LogP contribution in [0, 0.1) is 0 Å². The standard InChI is InChI=1S/C13H17N5/c1-4-18(11-8-6-5-7-9-11)13-15-10-17(3)12(14-2)16-13/h5-10H,4H2,1-3H3/p+1. The Morgan fingerprint density at radius 1 is 1.28 bits per heavy atom. The van der Waals surface area contributed by atoms with Crippen LogP contribution < -0.4 is 14.8 Å². The Labute approximate surface area is 107 Å². The van der Waals surface area contributed by atoms with Crippen molar-refractivity contribution in [3.05, 3.63) is 36.7 Å². The third kappa shape index (κ3) is 2.40. The zero-order chi connectivity index (χ0) is 13.0. The molecule has 5 nitrogen and oxygen atoms in total. The van der Waals surface area contributed by atoms with E-state index in [2.05, 4.69) is 39.2 Å². The summed E-state index contributed by atoms with van der Waals surface area (Å²) < 4.78 is 1.85. The fourth-order valence-corrected chi connectivity index (χ4v) is 1.81. The largest absolute Gasteiger partial charge is 0.350 e. The molecule has 1 heterocycles. The normalized spacial score (nSPS) is 10.2. The summed E-state index contributed by atoms with van der Waals surface area (Å²) in [5.74, 6) is 1.49. The van der Waals surface area contributed by atoms with Crippen LogP contribution in [-0.2, 0) is 7.05 Å². The average Bonchev–Trinajstić information content (AvgIpc) is 2.42. The molecule has 0 saturated carbocycles. The third-order valence-corrected chi connectivity index (χ3v) is 2.74. The van der Waals surface area contributed by atoms with E-state index in [0.29, 0.717) is 5.95 Å². The Hall–Kier alpha value is -2.17. The van der Waals surface area contributed by atoms with Crippen molar-refractivity contribution in [2.24, 2.45) is 7.05 Å². The zero-order valence-corrected chi connectivity index (χ0v) is 11.0. The number of para-hydroxylation sites is 1. The molecule has 0 aliphatic heterocycles. The van der Waals surface area contributed by atoms with Gasteiger partial charge in [-0.3, -0.25) is 10.2 Å². The molecule has 1 aromatic carbocycles. The number of benzene rings is 1. The molecular formula is C13H18N5+. The van der Waals surface area contributed by atoms with Crippen molar-refractivity contribution < 1.29 is 4.57 Å². The van der Waals surface area contributed by atoms with Crippen molar-refractivity contribution >= 4 is 17.6 Å². The lowest BCUT2D eigenvalue weighted by atomic mass is 10.3. The molecule has 5 heteroatoms. The molecule has 1 N–H and O–H groups in total. The average molecular weight is 244 g/mol. The van der Waals surface area contributed by atoms with Gasteiger partial charge in [-0.15, -0.1) is 0 Å². The predicted octanol–water partition coefficient (Wildman–Crippen LogP) is 1.50. The number of aromatic nitrogens is 3. The summed E-state index contributed by atoms with van der Waals surface area (Å²) in [4.78, 5) is 10.9. The van der Waals surface area contributed by atoms with Gasteiger partial charge in [0.05, 0.1) is 7.05 Å². The van der Waals surface area contributed by atoms with Crippen molar-refractivity contribution in [1.82, 2.24) is 9.97 Å². The lowest BCUT2D eigenvalue weighted by Crippen LogP contribution is -2.35. The molecule has 0 aliphatic rings. The second-order valence-corrected chi connectivity index (χ2v) is 3.92. The number of nitrogens with zero attached hydrogens (tertiary/aromatic N) is 4. The maximum Gasteiger partial charge on any atom is 0.350 e. The molecule has 0 atom stereocenters. The highest BCUT2D eigenvalue weighted by Crippen LogP contribution is 2.20. The summed E-state index contributed by atoms with van der Waals surface area (Å²) in [6.45, 7) is 2.91. The highest BCUT2D eigenvalue weighted by atomic mass is 15.3. The minimum Gasteiger partial charge on any atom is -0.297 e. The van der Waals surface area contributed by atoms with Crippen LogP contribution in [0.3, 0.4) is 0 Å². The number of nitrogens with one attached hydrogen (secondary N) is 1. The molecule has 0 bridgehead atoms. The first-order chi connectivity index (χ1) is 8.76. The Kier molecular flexibility index (Phi) is 3.72. The number of aryl methyl sites for hydroxylation is 1. The van der Waals surface area contributed by atoms with Gasteiger partial charge in [0.2, 0.25) is 6.33 Å². The number of rotatable bonds is 4. The highest BCUT2D eigenvalue weighted by Gasteiger charge is 2.17. The van der Waals surface area contributed by atoms with Crippen molar-refractivity contribution in [3.63, 3.8) is 0 Å². The molecule has 18 heavy (non-hydrogen) atoms. The molecule has 0 radical (unpaired) electrons. The van der Waals surface area contributed by atoms with Crippen LogP contribution in [0.15, 0.2) is 36.7 Å². The van der Waals surface area contributed by atoms with Crippen LogP contribution in [-0.4, -0.2) is 23.6 Å². The molecule has 1 aromatic heterocycles. The van der Waals surface area contributed by atoms with Gasteiger partial charge in [0.15, 0.2) is 0 Å². The van der Waals surface area contributed by atoms with Crippen LogP contribution >= 0.6 is 0 Å². The summed E-state index contributed by atoms with van der Waals surface area (Å²) in [7, 11) is 3.76.